The molecule has 2 aliphatic heterocycles. The molecule has 8 rings (SSSR count). The minimum atomic E-state index is -1.36. The van der Waals surface area contributed by atoms with Crippen LogP contribution in [0.15, 0.2) is 121 Å². The maximum atomic E-state index is 15.2. The molecule has 0 aromatic heterocycles. The number of rotatable bonds is 5. The van der Waals surface area contributed by atoms with E-state index in [2.05, 4.69) is 6.58 Å². The standard InChI is InChI=1S/C40H31ClN2O5/c1-2-23-11-15-27(16-12-23)42-36(45)31-20-19-30-32(34(31)38(42)47)22-33-37(46)43(28-10-6-9-26(41)21-28)39(48)40(33,25-7-4-3-5-8-25)35(30)24-13-17-29(44)18-14-24/h2-19,21,31-35,44H,1,20,22H2. The average Bonchev–Trinajstić information content (AvgIpc) is 3.50. The third-order valence-electron chi connectivity index (χ3n) is 10.8. The molecule has 4 aromatic rings. The summed E-state index contributed by atoms with van der Waals surface area (Å²) in [4.78, 5) is 60.8. The number of phenolic OH excluding ortho intramolecular Hbond substituents is 1. The van der Waals surface area contributed by atoms with Gasteiger partial charge in [-0.05, 0) is 77.9 Å². The monoisotopic (exact) mass is 654 g/mol. The van der Waals surface area contributed by atoms with Gasteiger partial charge in [-0.3, -0.25) is 24.1 Å². The van der Waals surface area contributed by atoms with Crippen LogP contribution in [0.1, 0.15) is 35.4 Å². The molecule has 8 heteroatoms. The van der Waals surface area contributed by atoms with Crippen molar-refractivity contribution in [1.29, 1.82) is 0 Å². The maximum Gasteiger partial charge on any atom is 0.246 e. The van der Waals surface area contributed by atoms with Gasteiger partial charge in [0.25, 0.3) is 0 Å². The quantitative estimate of drug-likeness (QED) is 0.184. The number of nitrogens with zero attached hydrogens (tertiary/aromatic N) is 2. The summed E-state index contributed by atoms with van der Waals surface area (Å²) in [7, 11) is 0. The van der Waals surface area contributed by atoms with Gasteiger partial charge in [0.2, 0.25) is 23.6 Å². The molecular weight excluding hydrogens is 624 g/mol. The van der Waals surface area contributed by atoms with Crippen LogP contribution in [-0.4, -0.2) is 28.7 Å². The van der Waals surface area contributed by atoms with E-state index in [4.69, 9.17) is 11.6 Å². The highest BCUT2D eigenvalue weighted by Gasteiger charge is 2.70. The topological polar surface area (TPSA) is 95.0 Å². The maximum absolute atomic E-state index is 15.2. The molecule has 0 bridgehead atoms. The molecule has 1 saturated carbocycles. The first-order valence-electron chi connectivity index (χ1n) is 16.0. The lowest BCUT2D eigenvalue weighted by molar-refractivity contribution is -0.127. The number of phenols is 1. The number of carbonyl (C=O) groups is 4. The van der Waals surface area contributed by atoms with Gasteiger partial charge in [0.05, 0.1) is 34.5 Å². The highest BCUT2D eigenvalue weighted by molar-refractivity contribution is 6.32. The summed E-state index contributed by atoms with van der Waals surface area (Å²) in [5.74, 6) is -4.52. The number of anilines is 2. The number of fused-ring (bicyclic) bond motifs is 4. The third-order valence-corrected chi connectivity index (χ3v) is 11.0. The zero-order chi connectivity index (χ0) is 33.3. The number of halogens is 1. The van der Waals surface area contributed by atoms with E-state index < -0.39 is 35.0 Å². The van der Waals surface area contributed by atoms with Crippen molar-refractivity contribution in [1.82, 2.24) is 0 Å². The van der Waals surface area contributed by atoms with Crippen molar-refractivity contribution < 1.29 is 24.3 Å². The fourth-order valence-corrected chi connectivity index (χ4v) is 8.98. The largest absolute Gasteiger partial charge is 0.508 e. The van der Waals surface area contributed by atoms with Gasteiger partial charge in [0, 0.05) is 10.9 Å². The van der Waals surface area contributed by atoms with E-state index >= 15 is 4.79 Å². The predicted octanol–water partition coefficient (Wildman–Crippen LogP) is 7.06. The van der Waals surface area contributed by atoms with Gasteiger partial charge in [-0.15, -0.1) is 0 Å². The van der Waals surface area contributed by atoms with Crippen LogP contribution in [0.4, 0.5) is 11.4 Å². The smallest absolute Gasteiger partial charge is 0.246 e. The van der Waals surface area contributed by atoms with Gasteiger partial charge in [-0.25, -0.2) is 4.90 Å². The van der Waals surface area contributed by atoms with Crippen LogP contribution in [0, 0.1) is 23.7 Å². The van der Waals surface area contributed by atoms with E-state index in [1.807, 2.05) is 48.5 Å². The van der Waals surface area contributed by atoms with Gasteiger partial charge in [0.15, 0.2) is 0 Å². The summed E-state index contributed by atoms with van der Waals surface area (Å²) in [6.45, 7) is 3.79. The molecular formula is C40H31ClN2O5. The van der Waals surface area contributed by atoms with Crippen LogP contribution in [0.25, 0.3) is 6.08 Å². The molecule has 6 unspecified atom stereocenters. The number of hydrogen-bond donors (Lipinski definition) is 1. The second-order valence-electron chi connectivity index (χ2n) is 13.0. The fourth-order valence-electron chi connectivity index (χ4n) is 8.80. The van der Waals surface area contributed by atoms with Gasteiger partial charge in [-0.1, -0.05) is 96.6 Å². The number of benzene rings is 4. The molecule has 238 valence electrons. The molecule has 4 aliphatic rings. The number of hydrogen-bond acceptors (Lipinski definition) is 5. The minimum absolute atomic E-state index is 0.0677. The first-order valence-corrected chi connectivity index (χ1v) is 16.4. The van der Waals surface area contributed by atoms with Crippen molar-refractivity contribution >= 4 is 52.7 Å². The summed E-state index contributed by atoms with van der Waals surface area (Å²) in [6.07, 6.45) is 4.26. The van der Waals surface area contributed by atoms with E-state index in [1.165, 1.54) is 9.80 Å². The number of aromatic hydroxyl groups is 1. The van der Waals surface area contributed by atoms with E-state index in [9.17, 15) is 19.5 Å². The van der Waals surface area contributed by atoms with Gasteiger partial charge in [-0.2, -0.15) is 0 Å². The molecule has 1 N–H and O–H groups in total. The van der Waals surface area contributed by atoms with E-state index in [1.54, 1.807) is 66.7 Å². The summed E-state index contributed by atoms with van der Waals surface area (Å²) in [6, 6.07) is 29.9. The second-order valence-corrected chi connectivity index (χ2v) is 13.4. The molecule has 2 saturated heterocycles. The van der Waals surface area contributed by atoms with Crippen molar-refractivity contribution in [2.24, 2.45) is 23.7 Å². The molecule has 2 heterocycles. The normalized spacial score (nSPS) is 27.8. The molecule has 0 radical (unpaired) electrons. The lowest BCUT2D eigenvalue weighted by Gasteiger charge is -2.50. The summed E-state index contributed by atoms with van der Waals surface area (Å²) in [5.41, 5.74) is 2.67. The first kappa shape index (κ1) is 30.1. The molecule has 4 aromatic carbocycles. The summed E-state index contributed by atoms with van der Waals surface area (Å²) in [5, 5.41) is 10.7. The van der Waals surface area contributed by atoms with Crippen LogP contribution in [0.5, 0.6) is 5.75 Å². The second kappa shape index (κ2) is 11.2. The van der Waals surface area contributed by atoms with E-state index in [0.29, 0.717) is 28.4 Å². The average molecular weight is 655 g/mol. The van der Waals surface area contributed by atoms with Gasteiger partial charge < -0.3 is 5.11 Å². The van der Waals surface area contributed by atoms with Gasteiger partial charge >= 0.3 is 0 Å². The molecule has 4 amide bonds. The minimum Gasteiger partial charge on any atom is -0.508 e. The van der Waals surface area contributed by atoms with Crippen molar-refractivity contribution in [3.63, 3.8) is 0 Å². The Bertz CT molecular complexity index is 2040. The predicted molar refractivity (Wildman–Crippen MR) is 183 cm³/mol. The number of amides is 4. The number of carbonyl (C=O) groups excluding carboxylic acids is 4. The van der Waals surface area contributed by atoms with Crippen molar-refractivity contribution in [3.05, 3.63) is 143 Å². The Labute approximate surface area is 282 Å². The molecule has 3 fully saturated rings. The van der Waals surface area contributed by atoms with E-state index in [0.717, 1.165) is 16.7 Å². The molecule has 6 atom stereocenters. The van der Waals surface area contributed by atoms with Crippen LogP contribution in [-0.2, 0) is 24.6 Å². The van der Waals surface area contributed by atoms with Crippen molar-refractivity contribution in [2.45, 2.75) is 24.2 Å². The fraction of sp³-hybridized carbons (Fsp3) is 0.200. The highest BCUT2D eigenvalue weighted by atomic mass is 35.5. The van der Waals surface area contributed by atoms with Crippen molar-refractivity contribution in [3.8, 4) is 5.75 Å². The van der Waals surface area contributed by atoms with Gasteiger partial charge in [0.1, 0.15) is 5.75 Å². The molecule has 0 spiro atoms. The first-order chi connectivity index (χ1) is 23.2. The Morgan fingerprint density at radius 3 is 2.19 bits per heavy atom. The lowest BCUT2D eigenvalue weighted by Crippen LogP contribution is -2.53. The van der Waals surface area contributed by atoms with Crippen LogP contribution in [0.3, 0.4) is 0 Å². The van der Waals surface area contributed by atoms with Crippen molar-refractivity contribution in [2.75, 3.05) is 9.80 Å². The SMILES string of the molecule is C=Cc1ccc(N2C(=O)C3CC=C4C(CC5C(=O)N(c6cccc(Cl)c6)C(=O)C5(c5ccccc5)C4c4ccc(O)cc4)C3C2=O)cc1. The lowest BCUT2D eigenvalue weighted by atomic mass is 9.49. The Kier molecular flexibility index (Phi) is 7.00. The van der Waals surface area contributed by atoms with Crippen LogP contribution < -0.4 is 9.80 Å². The summed E-state index contributed by atoms with van der Waals surface area (Å²) >= 11 is 6.37. The number of allylic oxidation sites excluding steroid dienone is 2. The highest BCUT2D eigenvalue weighted by Crippen LogP contribution is 2.64. The Morgan fingerprint density at radius 2 is 1.50 bits per heavy atom. The van der Waals surface area contributed by atoms with E-state index in [-0.39, 0.29) is 35.8 Å². The molecule has 48 heavy (non-hydrogen) atoms. The summed E-state index contributed by atoms with van der Waals surface area (Å²) < 4.78 is 0. The Balaban J connectivity index is 1.33. The van der Waals surface area contributed by atoms with Crippen LogP contribution in [0.2, 0.25) is 5.02 Å². The number of imide groups is 2. The zero-order valence-corrected chi connectivity index (χ0v) is 26.6. The Hall–Kier alpha value is -5.27. The molecule has 7 nitrogen and oxygen atoms in total. The Morgan fingerprint density at radius 1 is 0.771 bits per heavy atom. The molecule has 2 aliphatic carbocycles. The van der Waals surface area contributed by atoms with Crippen LogP contribution >= 0.6 is 11.6 Å². The third kappa shape index (κ3) is 4.20. The zero-order valence-electron chi connectivity index (χ0n) is 25.8.